The highest BCUT2D eigenvalue weighted by Gasteiger charge is 2.29. The lowest BCUT2D eigenvalue weighted by Crippen LogP contribution is -2.33. The first-order chi connectivity index (χ1) is 9.46. The van der Waals surface area contributed by atoms with Crippen LogP contribution in [0.5, 0.6) is 0 Å². The molecule has 0 aliphatic heterocycles. The number of nitrogens with one attached hydrogen (secondary N) is 1. The van der Waals surface area contributed by atoms with E-state index in [1.807, 2.05) is 12.3 Å². The van der Waals surface area contributed by atoms with E-state index in [1.54, 1.807) is 11.8 Å². The van der Waals surface area contributed by atoms with Gasteiger partial charge in [-0.2, -0.15) is 17.0 Å². The zero-order valence-corrected chi connectivity index (χ0v) is 13.4. The fourth-order valence-electron chi connectivity index (χ4n) is 2.33. The molecular formula is C13H15ClN2O2S2. The molecule has 2 atom stereocenters. The number of hydrogen-bond donors (Lipinski definition) is 1. The first-order valence-electron chi connectivity index (χ1n) is 6.21. The molecule has 0 amide bonds. The molecule has 0 saturated heterocycles. The van der Waals surface area contributed by atoms with Crippen LogP contribution in [-0.2, 0) is 10.0 Å². The van der Waals surface area contributed by atoms with Gasteiger partial charge < -0.3 is 0 Å². The lowest BCUT2D eigenvalue weighted by atomic mass is 10.2. The van der Waals surface area contributed by atoms with Crippen LogP contribution in [0.4, 0.5) is 0 Å². The van der Waals surface area contributed by atoms with Gasteiger partial charge in [-0.25, -0.2) is 13.1 Å². The van der Waals surface area contributed by atoms with Gasteiger partial charge in [-0.1, -0.05) is 11.6 Å². The molecule has 7 heteroatoms. The maximum Gasteiger partial charge on any atom is 0.242 e. The minimum absolute atomic E-state index is 0.0331. The van der Waals surface area contributed by atoms with Gasteiger partial charge in [-0.15, -0.1) is 0 Å². The fraction of sp³-hybridized carbons (Fsp3) is 0.462. The summed E-state index contributed by atoms with van der Waals surface area (Å²) in [5, 5.41) is 9.36. The van der Waals surface area contributed by atoms with Crippen molar-refractivity contribution in [3.63, 3.8) is 0 Å². The second-order valence-electron chi connectivity index (χ2n) is 4.75. The molecule has 0 radical (unpaired) electrons. The van der Waals surface area contributed by atoms with Crippen molar-refractivity contribution in [2.45, 2.75) is 35.4 Å². The molecule has 0 aromatic heterocycles. The summed E-state index contributed by atoms with van der Waals surface area (Å²) in [5.41, 5.74) is 0.345. The molecule has 0 heterocycles. The van der Waals surface area contributed by atoms with E-state index in [0.29, 0.717) is 10.8 Å². The average molecular weight is 331 g/mol. The third-order valence-electron chi connectivity index (χ3n) is 3.39. The molecule has 1 N–H and O–H groups in total. The number of thioether (sulfide) groups is 1. The summed E-state index contributed by atoms with van der Waals surface area (Å²) in [5.74, 6) is 0. The number of benzene rings is 1. The third-order valence-corrected chi connectivity index (χ3v) is 6.49. The molecule has 108 valence electrons. The maximum atomic E-state index is 12.3. The molecule has 0 spiro atoms. The van der Waals surface area contributed by atoms with Crippen LogP contribution in [0.25, 0.3) is 0 Å². The van der Waals surface area contributed by atoms with Gasteiger partial charge in [0.1, 0.15) is 4.90 Å². The largest absolute Gasteiger partial charge is 0.242 e. The van der Waals surface area contributed by atoms with Gasteiger partial charge in [-0.3, -0.25) is 0 Å². The van der Waals surface area contributed by atoms with Crippen LogP contribution in [0.2, 0.25) is 5.02 Å². The summed E-state index contributed by atoms with van der Waals surface area (Å²) in [6.07, 6.45) is 4.75. The minimum Gasteiger partial charge on any atom is -0.208 e. The van der Waals surface area contributed by atoms with Crippen molar-refractivity contribution in [2.75, 3.05) is 6.26 Å². The van der Waals surface area contributed by atoms with Gasteiger partial charge in [0.15, 0.2) is 0 Å². The molecule has 2 rings (SSSR count). The van der Waals surface area contributed by atoms with Crippen molar-refractivity contribution >= 4 is 33.4 Å². The Morgan fingerprint density at radius 3 is 2.75 bits per heavy atom. The molecule has 1 fully saturated rings. The van der Waals surface area contributed by atoms with Crippen LogP contribution in [0.1, 0.15) is 24.8 Å². The fourth-order valence-corrected chi connectivity index (χ4v) is 4.96. The van der Waals surface area contributed by atoms with Crippen LogP contribution < -0.4 is 4.72 Å². The summed E-state index contributed by atoms with van der Waals surface area (Å²) in [4.78, 5) is 0.0331. The van der Waals surface area contributed by atoms with E-state index in [-0.39, 0.29) is 16.0 Å². The molecular weight excluding hydrogens is 316 g/mol. The third kappa shape index (κ3) is 3.47. The van der Waals surface area contributed by atoms with Gasteiger partial charge in [-0.05, 0) is 43.7 Å². The summed E-state index contributed by atoms with van der Waals surface area (Å²) >= 11 is 7.73. The number of nitriles is 1. The van der Waals surface area contributed by atoms with E-state index in [4.69, 9.17) is 16.9 Å². The molecule has 1 aromatic rings. The number of halogens is 1. The topological polar surface area (TPSA) is 70.0 Å². The molecule has 1 aliphatic carbocycles. The van der Waals surface area contributed by atoms with E-state index >= 15 is 0 Å². The monoisotopic (exact) mass is 330 g/mol. The Kier molecular flexibility index (Phi) is 4.97. The summed E-state index contributed by atoms with van der Waals surface area (Å²) < 4.78 is 27.3. The van der Waals surface area contributed by atoms with Gasteiger partial charge in [0.2, 0.25) is 10.0 Å². The summed E-state index contributed by atoms with van der Waals surface area (Å²) in [6, 6.07) is 6.10. The van der Waals surface area contributed by atoms with E-state index < -0.39 is 10.0 Å². The Hall–Kier alpha value is -0.740. The Morgan fingerprint density at radius 2 is 2.20 bits per heavy atom. The van der Waals surface area contributed by atoms with Crippen molar-refractivity contribution in [1.82, 2.24) is 4.72 Å². The normalized spacial score (nSPS) is 22.6. The Bertz CT molecular complexity index is 640. The summed E-state index contributed by atoms with van der Waals surface area (Å²) in [7, 11) is -3.63. The zero-order valence-electron chi connectivity index (χ0n) is 11.0. The Balaban J connectivity index is 2.17. The highest BCUT2D eigenvalue weighted by atomic mass is 35.5. The van der Waals surface area contributed by atoms with Crippen LogP contribution in [0.3, 0.4) is 0 Å². The predicted molar refractivity (Wildman–Crippen MR) is 81.4 cm³/mol. The predicted octanol–water partition coefficient (Wildman–Crippen LogP) is 2.77. The lowest BCUT2D eigenvalue weighted by molar-refractivity contribution is 0.552. The maximum absolute atomic E-state index is 12.3. The van der Waals surface area contributed by atoms with Crippen molar-refractivity contribution < 1.29 is 8.42 Å². The molecule has 1 saturated carbocycles. The molecule has 1 aromatic carbocycles. The van der Waals surface area contributed by atoms with E-state index in [0.717, 1.165) is 19.3 Å². The summed E-state index contributed by atoms with van der Waals surface area (Å²) in [6.45, 7) is 0. The number of nitrogens with zero attached hydrogens (tertiary/aromatic N) is 1. The van der Waals surface area contributed by atoms with E-state index in [9.17, 15) is 8.42 Å². The Labute approximate surface area is 128 Å². The smallest absolute Gasteiger partial charge is 0.208 e. The van der Waals surface area contributed by atoms with Crippen LogP contribution in [-0.4, -0.2) is 26.0 Å². The number of hydrogen-bond acceptors (Lipinski definition) is 4. The molecule has 4 nitrogen and oxygen atoms in total. The zero-order chi connectivity index (χ0) is 14.8. The number of sulfonamides is 1. The van der Waals surface area contributed by atoms with Gasteiger partial charge in [0, 0.05) is 11.3 Å². The first-order valence-corrected chi connectivity index (χ1v) is 9.36. The van der Waals surface area contributed by atoms with E-state index in [1.165, 1.54) is 18.2 Å². The first kappa shape index (κ1) is 15.6. The second kappa shape index (κ2) is 6.35. The van der Waals surface area contributed by atoms with Gasteiger partial charge in [0.05, 0.1) is 16.7 Å². The SMILES string of the molecule is CSC1CCC(NS(=O)(=O)c2ccc(C#N)cc2Cl)C1. The minimum atomic E-state index is -3.63. The quantitative estimate of drug-likeness (QED) is 0.921. The lowest BCUT2D eigenvalue weighted by Gasteiger charge is -2.14. The van der Waals surface area contributed by atoms with Crippen molar-refractivity contribution in [3.8, 4) is 6.07 Å². The van der Waals surface area contributed by atoms with Crippen molar-refractivity contribution in [3.05, 3.63) is 28.8 Å². The standard InChI is InChI=1S/C13H15ClN2O2S2/c1-19-11-4-3-10(7-11)16-20(17,18)13-5-2-9(8-15)6-12(13)14/h2,5-6,10-11,16H,3-4,7H2,1H3. The van der Waals surface area contributed by atoms with Crippen LogP contribution in [0, 0.1) is 11.3 Å². The Morgan fingerprint density at radius 1 is 1.45 bits per heavy atom. The number of rotatable bonds is 4. The van der Waals surface area contributed by atoms with Gasteiger partial charge in [0.25, 0.3) is 0 Å². The molecule has 20 heavy (non-hydrogen) atoms. The molecule has 1 aliphatic rings. The average Bonchev–Trinajstić information content (AvgIpc) is 2.85. The highest BCUT2D eigenvalue weighted by Crippen LogP contribution is 2.30. The van der Waals surface area contributed by atoms with Crippen molar-refractivity contribution in [2.24, 2.45) is 0 Å². The molecule has 2 unspecified atom stereocenters. The van der Waals surface area contributed by atoms with Gasteiger partial charge >= 0.3 is 0 Å². The van der Waals surface area contributed by atoms with Crippen LogP contribution >= 0.6 is 23.4 Å². The van der Waals surface area contributed by atoms with E-state index in [2.05, 4.69) is 4.72 Å². The highest BCUT2D eigenvalue weighted by molar-refractivity contribution is 7.99. The molecule has 0 bridgehead atoms. The van der Waals surface area contributed by atoms with Crippen molar-refractivity contribution in [1.29, 1.82) is 5.26 Å². The second-order valence-corrected chi connectivity index (χ2v) is 7.97. The van der Waals surface area contributed by atoms with Crippen LogP contribution in [0.15, 0.2) is 23.1 Å².